The van der Waals surface area contributed by atoms with Gasteiger partial charge in [-0.2, -0.15) is 0 Å². The van der Waals surface area contributed by atoms with Gasteiger partial charge in [0.15, 0.2) is 0 Å². The molecule has 1 rings (SSSR count). The molecule has 0 fully saturated rings. The number of rotatable bonds is 17. The Morgan fingerprint density at radius 2 is 1.47 bits per heavy atom. The first-order chi connectivity index (χ1) is 22.0. The number of carbonyl (C=O) groups is 7. The van der Waals surface area contributed by atoms with Crippen LogP contribution in [0.3, 0.4) is 0 Å². The van der Waals surface area contributed by atoms with Crippen molar-refractivity contribution in [3.05, 3.63) is 35.9 Å². The summed E-state index contributed by atoms with van der Waals surface area (Å²) >= 11 is 0.695. The Labute approximate surface area is 279 Å². The summed E-state index contributed by atoms with van der Waals surface area (Å²) in [7, 11) is 1.12. The van der Waals surface area contributed by atoms with E-state index in [1.54, 1.807) is 45.0 Å². The first kappa shape index (κ1) is 40.7. The lowest BCUT2D eigenvalue weighted by Crippen LogP contribution is -2.52. The van der Waals surface area contributed by atoms with Crippen molar-refractivity contribution in [2.75, 3.05) is 26.0 Å². The summed E-state index contributed by atoms with van der Waals surface area (Å²) in [4.78, 5) is 86.7. The number of carbonyl (C=O) groups excluding carboxylic acids is 7. The summed E-state index contributed by atoms with van der Waals surface area (Å²) in [6, 6.07) is 5.82. The molecule has 3 atom stereocenters. The van der Waals surface area contributed by atoms with E-state index in [-0.39, 0.29) is 37.7 Å². The first-order valence-electron chi connectivity index (χ1n) is 15.1. The predicted octanol–water partition coefficient (Wildman–Crippen LogP) is 1.78. The maximum atomic E-state index is 12.9. The molecule has 1 aromatic rings. The lowest BCUT2D eigenvalue weighted by atomic mass is 10.0. The second-order valence-electron chi connectivity index (χ2n) is 11.8. The molecule has 262 valence electrons. The minimum Gasteiger partial charge on any atom is -0.467 e. The second kappa shape index (κ2) is 20.7. The van der Waals surface area contributed by atoms with E-state index in [0.717, 1.165) is 12.7 Å². The Bertz CT molecular complexity index is 1220. The molecule has 0 spiro atoms. The quantitative estimate of drug-likeness (QED) is 0.118. The zero-order chi connectivity index (χ0) is 35.6. The van der Waals surface area contributed by atoms with Crippen molar-refractivity contribution in [2.24, 2.45) is 5.92 Å². The van der Waals surface area contributed by atoms with Crippen LogP contribution in [0.25, 0.3) is 0 Å². The van der Waals surface area contributed by atoms with Gasteiger partial charge in [-0.1, -0.05) is 55.9 Å². The molecular formula is C31H47N5O10S. The van der Waals surface area contributed by atoms with Crippen molar-refractivity contribution in [3.63, 3.8) is 0 Å². The van der Waals surface area contributed by atoms with Crippen LogP contribution in [0.5, 0.6) is 0 Å². The summed E-state index contributed by atoms with van der Waals surface area (Å²) in [5.74, 6) is -2.88. The van der Waals surface area contributed by atoms with Crippen LogP contribution in [0.2, 0.25) is 0 Å². The molecule has 0 radical (unpaired) electrons. The third-order valence-corrected chi connectivity index (χ3v) is 7.05. The summed E-state index contributed by atoms with van der Waals surface area (Å²) in [6.07, 6.45) is -1.31. The Morgan fingerprint density at radius 1 is 0.830 bits per heavy atom. The normalized spacial score (nSPS) is 12.9. The van der Waals surface area contributed by atoms with Gasteiger partial charge in [-0.05, 0) is 45.6 Å². The van der Waals surface area contributed by atoms with Crippen molar-refractivity contribution in [1.29, 1.82) is 0 Å². The molecule has 0 saturated carbocycles. The predicted molar refractivity (Wildman–Crippen MR) is 174 cm³/mol. The van der Waals surface area contributed by atoms with Gasteiger partial charge in [-0.15, -0.1) is 0 Å². The fourth-order valence-electron chi connectivity index (χ4n) is 3.70. The molecule has 5 N–H and O–H groups in total. The smallest absolute Gasteiger partial charge is 0.408 e. The van der Waals surface area contributed by atoms with Gasteiger partial charge in [0.1, 0.15) is 24.3 Å². The molecule has 0 aliphatic rings. The van der Waals surface area contributed by atoms with Gasteiger partial charge in [0, 0.05) is 18.7 Å². The molecule has 0 aromatic heterocycles. The zero-order valence-corrected chi connectivity index (χ0v) is 28.7. The van der Waals surface area contributed by atoms with Crippen molar-refractivity contribution < 1.29 is 47.8 Å². The SMILES string of the molecule is COC(=O)[C@H](CSC(=O)[C@H](C)NC(=O)OCc1ccccc1)NC(=O)CNC(=O)[C@H](CC(C)C)NC(=O)CCNC(=O)OC(C)(C)C. The Balaban J connectivity index is 2.59. The Morgan fingerprint density at radius 3 is 2.06 bits per heavy atom. The average molecular weight is 682 g/mol. The summed E-state index contributed by atoms with van der Waals surface area (Å²) in [5, 5.41) is 11.9. The van der Waals surface area contributed by atoms with E-state index < -0.39 is 71.3 Å². The van der Waals surface area contributed by atoms with Crippen LogP contribution < -0.4 is 26.6 Å². The fraction of sp³-hybridized carbons (Fsp3) is 0.581. The van der Waals surface area contributed by atoms with Gasteiger partial charge in [-0.3, -0.25) is 19.2 Å². The molecule has 0 aliphatic carbocycles. The average Bonchev–Trinajstić information content (AvgIpc) is 2.99. The number of esters is 1. The summed E-state index contributed by atoms with van der Waals surface area (Å²) in [5.41, 5.74) is 0.0800. The van der Waals surface area contributed by atoms with E-state index in [1.165, 1.54) is 6.92 Å². The van der Waals surface area contributed by atoms with E-state index in [2.05, 4.69) is 26.6 Å². The van der Waals surface area contributed by atoms with E-state index in [4.69, 9.17) is 14.2 Å². The molecule has 0 heterocycles. The molecular weight excluding hydrogens is 634 g/mol. The maximum absolute atomic E-state index is 12.9. The van der Waals surface area contributed by atoms with Crippen LogP contribution in [-0.2, 0) is 44.8 Å². The van der Waals surface area contributed by atoms with Crippen molar-refractivity contribution in [1.82, 2.24) is 26.6 Å². The van der Waals surface area contributed by atoms with Crippen LogP contribution in [0.4, 0.5) is 9.59 Å². The largest absolute Gasteiger partial charge is 0.467 e. The third kappa shape index (κ3) is 18.4. The second-order valence-corrected chi connectivity index (χ2v) is 12.9. The third-order valence-electron chi connectivity index (χ3n) is 5.92. The molecule has 15 nitrogen and oxygen atoms in total. The number of alkyl carbamates (subject to hydrolysis) is 2. The number of methoxy groups -OCH3 is 1. The molecule has 1 aromatic carbocycles. The summed E-state index contributed by atoms with van der Waals surface area (Å²) < 4.78 is 15.0. The Kier molecular flexibility index (Phi) is 17.9. The first-order valence-corrected chi connectivity index (χ1v) is 16.0. The minimum atomic E-state index is -1.24. The Hall–Kier alpha value is -4.34. The van der Waals surface area contributed by atoms with Gasteiger partial charge >= 0.3 is 18.2 Å². The molecule has 5 amide bonds. The number of hydrogen-bond donors (Lipinski definition) is 5. The standard InChI is InChI=1S/C31H47N5O10S/c1-19(2)15-22(35-24(37)13-14-32-29(42)46-31(4,5)6)26(39)33-16-25(38)36-23(27(40)44-7)18-47-28(41)20(3)34-30(43)45-17-21-11-9-8-10-12-21/h8-12,19-20,22-23H,13-18H2,1-7H3,(H,32,42)(H,33,39)(H,34,43)(H,35,37)(H,36,38)/t20-,22-,23-/m0/s1. The molecule has 0 saturated heterocycles. The lowest BCUT2D eigenvalue weighted by molar-refractivity contribution is -0.144. The minimum absolute atomic E-state index is 0.0121. The highest BCUT2D eigenvalue weighted by atomic mass is 32.2. The van der Waals surface area contributed by atoms with Gasteiger partial charge in [0.05, 0.1) is 19.7 Å². The van der Waals surface area contributed by atoms with E-state index >= 15 is 0 Å². The van der Waals surface area contributed by atoms with Crippen LogP contribution in [0.15, 0.2) is 30.3 Å². The number of nitrogens with one attached hydrogen (secondary N) is 5. The van der Waals surface area contributed by atoms with Crippen LogP contribution in [0.1, 0.15) is 59.9 Å². The van der Waals surface area contributed by atoms with Crippen LogP contribution in [-0.4, -0.2) is 90.7 Å². The molecule has 0 unspecified atom stereocenters. The zero-order valence-electron chi connectivity index (χ0n) is 27.9. The number of benzene rings is 1. The summed E-state index contributed by atoms with van der Waals surface area (Å²) in [6.45, 7) is 9.76. The van der Waals surface area contributed by atoms with Crippen molar-refractivity contribution >= 4 is 52.8 Å². The molecule has 47 heavy (non-hydrogen) atoms. The van der Waals surface area contributed by atoms with E-state index in [9.17, 15) is 33.6 Å². The number of hydrogen-bond acceptors (Lipinski definition) is 11. The highest BCUT2D eigenvalue weighted by Gasteiger charge is 2.27. The highest BCUT2D eigenvalue weighted by molar-refractivity contribution is 8.13. The number of amides is 5. The maximum Gasteiger partial charge on any atom is 0.408 e. The van der Waals surface area contributed by atoms with Gasteiger partial charge in [0.2, 0.25) is 22.8 Å². The number of ether oxygens (including phenoxy) is 3. The van der Waals surface area contributed by atoms with Gasteiger partial charge in [-0.25, -0.2) is 14.4 Å². The lowest BCUT2D eigenvalue weighted by Gasteiger charge is -2.21. The monoisotopic (exact) mass is 681 g/mol. The number of thioether (sulfide) groups is 1. The van der Waals surface area contributed by atoms with Crippen LogP contribution in [0, 0.1) is 5.92 Å². The van der Waals surface area contributed by atoms with Crippen molar-refractivity contribution in [3.8, 4) is 0 Å². The van der Waals surface area contributed by atoms with E-state index in [0.29, 0.717) is 11.8 Å². The highest BCUT2D eigenvalue weighted by Crippen LogP contribution is 2.11. The molecule has 0 bridgehead atoms. The van der Waals surface area contributed by atoms with Crippen molar-refractivity contribution in [2.45, 2.75) is 84.7 Å². The van der Waals surface area contributed by atoms with Gasteiger partial charge < -0.3 is 40.8 Å². The molecule has 16 heteroatoms. The van der Waals surface area contributed by atoms with Gasteiger partial charge in [0.25, 0.3) is 0 Å². The van der Waals surface area contributed by atoms with E-state index in [1.807, 2.05) is 19.9 Å². The fourth-order valence-corrected chi connectivity index (χ4v) is 4.56. The van der Waals surface area contributed by atoms with Crippen LogP contribution >= 0.6 is 11.8 Å². The molecule has 0 aliphatic heterocycles. The topological polar surface area (TPSA) is 207 Å².